The molecular weight excluding hydrogens is 852 g/mol. The number of fused-ring (bicyclic) bond motifs is 6. The molecule has 0 radical (unpaired) electrons. The van der Waals surface area contributed by atoms with Crippen LogP contribution in [0.15, 0.2) is 97.2 Å². The van der Waals surface area contributed by atoms with Crippen LogP contribution < -0.4 is 4.98 Å². The van der Waals surface area contributed by atoms with Gasteiger partial charge in [0.15, 0.2) is 0 Å². The van der Waals surface area contributed by atoms with Gasteiger partial charge in [-0.25, -0.2) is 10.5 Å². The summed E-state index contributed by atoms with van der Waals surface area (Å²) in [6.45, 7) is 27.5. The zero-order valence-electron chi connectivity index (χ0n) is 34.4. The van der Waals surface area contributed by atoms with Gasteiger partial charge in [0.2, 0.25) is 0 Å². The van der Waals surface area contributed by atoms with E-state index in [-0.39, 0.29) is 44.0 Å². The maximum atomic E-state index is 5.35. The first-order chi connectivity index (χ1) is 25.3. The molecular formula is C51H52AuN3. The van der Waals surface area contributed by atoms with Gasteiger partial charge in [0.05, 0.1) is 5.52 Å². The smallest absolute Gasteiger partial charge is 0.663 e. The fourth-order valence-electron chi connectivity index (χ4n) is 7.62. The van der Waals surface area contributed by atoms with Crippen molar-refractivity contribution in [3.05, 3.63) is 132 Å². The number of nitrogens with zero attached hydrogens (tertiary/aromatic N) is 3. The molecule has 8 rings (SSSR count). The molecule has 0 saturated carbocycles. The van der Waals surface area contributed by atoms with Gasteiger partial charge in [-0.1, -0.05) is 137 Å². The van der Waals surface area contributed by atoms with Crippen LogP contribution in [0.2, 0.25) is 0 Å². The topological polar surface area (TPSA) is 31.9 Å². The monoisotopic (exact) mass is 903 g/mol. The average molecular weight is 904 g/mol. The minimum Gasteiger partial charge on any atom is -0.663 e. The Labute approximate surface area is 343 Å². The summed E-state index contributed by atoms with van der Waals surface area (Å²) in [6.07, 6.45) is 1.89. The van der Waals surface area contributed by atoms with Crippen LogP contribution in [-0.2, 0) is 44.0 Å². The Morgan fingerprint density at radius 2 is 1.07 bits per heavy atom. The molecule has 0 aliphatic heterocycles. The van der Waals surface area contributed by atoms with Crippen LogP contribution in [0.25, 0.3) is 71.7 Å². The summed E-state index contributed by atoms with van der Waals surface area (Å²) in [5.74, 6) is 0. The first-order valence-electron chi connectivity index (χ1n) is 19.3. The van der Waals surface area contributed by atoms with Crippen molar-refractivity contribution in [3.63, 3.8) is 0 Å². The van der Waals surface area contributed by atoms with E-state index in [1.807, 2.05) is 12.3 Å². The number of benzene rings is 5. The minimum absolute atomic E-state index is 0. The molecule has 55 heavy (non-hydrogen) atoms. The van der Waals surface area contributed by atoms with Crippen molar-refractivity contribution in [2.75, 3.05) is 0 Å². The summed E-state index contributed by atoms with van der Waals surface area (Å²) in [5, 5.41) is 4.75. The number of hydrogen-bond donors (Lipinski definition) is 0. The second kappa shape index (κ2) is 13.4. The van der Waals surface area contributed by atoms with Gasteiger partial charge >= 0.3 is 22.4 Å². The van der Waals surface area contributed by atoms with Gasteiger partial charge in [-0.05, 0) is 67.4 Å². The Hall–Kier alpha value is -4.41. The Morgan fingerprint density at radius 3 is 1.75 bits per heavy atom. The Morgan fingerprint density at radius 1 is 0.509 bits per heavy atom. The quantitative estimate of drug-likeness (QED) is 0.131. The van der Waals surface area contributed by atoms with Gasteiger partial charge in [-0.15, -0.1) is 34.3 Å². The first kappa shape index (κ1) is 38.8. The summed E-state index contributed by atoms with van der Waals surface area (Å²) in [7, 11) is 0. The number of hydrogen-bond acceptors (Lipinski definition) is 1. The van der Waals surface area contributed by atoms with Crippen LogP contribution >= 0.6 is 0 Å². The van der Waals surface area contributed by atoms with E-state index < -0.39 is 0 Å². The van der Waals surface area contributed by atoms with E-state index in [4.69, 9.17) is 9.97 Å². The van der Waals surface area contributed by atoms with Gasteiger partial charge in [0, 0.05) is 17.0 Å². The second-order valence-electron chi connectivity index (χ2n) is 19.4. The molecule has 0 amide bonds. The van der Waals surface area contributed by atoms with Crippen molar-refractivity contribution in [3.8, 4) is 27.9 Å². The Kier molecular flexibility index (Phi) is 9.44. The molecule has 3 aromatic heterocycles. The van der Waals surface area contributed by atoms with Gasteiger partial charge in [0.25, 0.3) is 0 Å². The SMILES string of the molecule is CC(C)(C)c1cc(-c2[c-]c(-n3c4ccccc4c4cccnc43)cc(C(C)(C)C)c2)[c-]c(-c2cc(C(C)(C)C)cc3c2[n-]c2ccc(C(C)(C)C)cc23)c1.[Au+3]. The molecule has 3 heterocycles. The molecule has 0 N–H and O–H groups in total. The van der Waals surface area contributed by atoms with E-state index in [1.165, 1.54) is 38.4 Å². The normalized spacial score (nSPS) is 12.9. The maximum absolute atomic E-state index is 5.35. The average Bonchev–Trinajstić information content (AvgIpc) is 3.65. The second-order valence-corrected chi connectivity index (χ2v) is 19.4. The van der Waals surface area contributed by atoms with Crippen molar-refractivity contribution >= 4 is 43.7 Å². The van der Waals surface area contributed by atoms with E-state index in [0.29, 0.717) is 0 Å². The number of rotatable bonds is 3. The standard InChI is InChI=1S/C51H52N3.Au/c1-48(2,3)34-19-20-44-42(28-34)43-30-37(51(10,11)12)29-41(46(43)53-44)33-22-31(23-35(25-33)49(4,5)6)32-24-36(50(7,8)9)27-38(26-32)54-45-18-14-13-16-39(45)40-17-15-21-52-47(40)54;/h13-21,23-25,27-30H,1-12H3;/q-3;+3. The van der Waals surface area contributed by atoms with Crippen molar-refractivity contribution < 1.29 is 22.4 Å². The molecule has 0 saturated heterocycles. The fourth-order valence-corrected chi connectivity index (χ4v) is 7.62. The van der Waals surface area contributed by atoms with Crippen LogP contribution in [0.5, 0.6) is 0 Å². The van der Waals surface area contributed by atoms with E-state index in [9.17, 15) is 0 Å². The molecule has 4 heteroatoms. The first-order valence-corrected chi connectivity index (χ1v) is 19.3. The molecule has 0 atom stereocenters. The van der Waals surface area contributed by atoms with Crippen molar-refractivity contribution in [2.24, 2.45) is 0 Å². The van der Waals surface area contributed by atoms with Crippen LogP contribution in [0.3, 0.4) is 0 Å². The molecule has 8 aromatic rings. The van der Waals surface area contributed by atoms with Crippen LogP contribution in [-0.4, -0.2) is 9.55 Å². The van der Waals surface area contributed by atoms with Gasteiger partial charge < -0.3 is 9.55 Å². The van der Waals surface area contributed by atoms with E-state index in [0.717, 1.165) is 55.5 Å². The Balaban J connectivity index is 0.00000465. The molecule has 0 aliphatic rings. The number of aromatic nitrogens is 3. The summed E-state index contributed by atoms with van der Waals surface area (Å²) < 4.78 is 2.28. The number of para-hydroxylation sites is 1. The molecule has 0 bridgehead atoms. The molecule has 0 spiro atoms. The van der Waals surface area contributed by atoms with Crippen LogP contribution in [0, 0.1) is 12.1 Å². The third kappa shape index (κ3) is 7.01. The van der Waals surface area contributed by atoms with E-state index in [2.05, 4.69) is 185 Å². The summed E-state index contributed by atoms with van der Waals surface area (Å²) in [5.41, 5.74) is 14.2. The van der Waals surface area contributed by atoms with E-state index in [1.54, 1.807) is 0 Å². The van der Waals surface area contributed by atoms with Crippen molar-refractivity contribution in [1.29, 1.82) is 0 Å². The molecule has 5 aromatic carbocycles. The predicted molar refractivity (Wildman–Crippen MR) is 230 cm³/mol. The summed E-state index contributed by atoms with van der Waals surface area (Å²) >= 11 is 0. The van der Waals surface area contributed by atoms with E-state index >= 15 is 0 Å². The van der Waals surface area contributed by atoms with Gasteiger partial charge in [0.1, 0.15) is 5.65 Å². The predicted octanol–water partition coefficient (Wildman–Crippen LogP) is 13.6. The molecule has 3 nitrogen and oxygen atoms in total. The third-order valence-electron chi connectivity index (χ3n) is 11.1. The molecule has 0 fully saturated rings. The minimum atomic E-state index is -0.105. The molecule has 282 valence electrons. The largest absolute Gasteiger partial charge is 3.00 e. The third-order valence-corrected chi connectivity index (χ3v) is 11.1. The van der Waals surface area contributed by atoms with Gasteiger partial charge in [-0.3, -0.25) is 0 Å². The fraction of sp³-hybridized carbons (Fsp3) is 0.314. The summed E-state index contributed by atoms with van der Waals surface area (Å²) in [4.78, 5) is 10.3. The zero-order valence-corrected chi connectivity index (χ0v) is 36.5. The number of pyridine rings is 1. The van der Waals surface area contributed by atoms with Crippen LogP contribution in [0.1, 0.15) is 105 Å². The molecule has 0 unspecified atom stereocenters. The van der Waals surface area contributed by atoms with Crippen molar-refractivity contribution in [1.82, 2.24) is 14.5 Å². The maximum Gasteiger partial charge on any atom is 3.00 e. The van der Waals surface area contributed by atoms with Crippen molar-refractivity contribution in [2.45, 2.75) is 105 Å². The molecule has 0 aliphatic carbocycles. The zero-order chi connectivity index (χ0) is 38.5. The summed E-state index contributed by atoms with van der Waals surface area (Å²) in [6, 6.07) is 41.5. The van der Waals surface area contributed by atoms with Crippen LogP contribution in [0.4, 0.5) is 0 Å². The Bertz CT molecular complexity index is 2690. The van der Waals surface area contributed by atoms with Gasteiger partial charge in [-0.2, -0.15) is 35.3 Å².